The van der Waals surface area contributed by atoms with Crippen LogP contribution in [-0.4, -0.2) is 11.5 Å². The summed E-state index contributed by atoms with van der Waals surface area (Å²) in [7, 11) is 0. The number of halogens is 2. The van der Waals surface area contributed by atoms with E-state index in [-0.39, 0.29) is 0 Å². The van der Waals surface area contributed by atoms with Crippen LogP contribution in [0.1, 0.15) is 18.2 Å². The molecule has 2 aromatic rings. The Hall–Kier alpha value is -0.910. The van der Waals surface area contributed by atoms with E-state index in [1.54, 1.807) is 0 Å². The molecule has 0 amide bonds. The third kappa shape index (κ3) is 4.04. The molecule has 0 atom stereocenters. The maximum Gasteiger partial charge on any atom is 0.219 e. The molecule has 0 unspecified atom stereocenters. The van der Waals surface area contributed by atoms with Crippen LogP contribution in [0.2, 0.25) is 0 Å². The highest BCUT2D eigenvalue weighted by Gasteiger charge is 2.06. The Morgan fingerprint density at radius 1 is 1.20 bits per heavy atom. The monoisotopic (exact) mass is 398 g/mol. The van der Waals surface area contributed by atoms with Crippen LogP contribution in [0.15, 0.2) is 39.3 Å². The molecule has 0 saturated heterocycles. The zero-order valence-electron chi connectivity index (χ0n) is 11.4. The van der Waals surface area contributed by atoms with Gasteiger partial charge < -0.3 is 10.1 Å². The van der Waals surface area contributed by atoms with Gasteiger partial charge in [0.15, 0.2) is 0 Å². The molecule has 0 bridgehead atoms. The van der Waals surface area contributed by atoms with Crippen molar-refractivity contribution < 1.29 is 4.74 Å². The highest BCUT2D eigenvalue weighted by molar-refractivity contribution is 9.11. The van der Waals surface area contributed by atoms with Gasteiger partial charge in [-0.1, -0.05) is 28.9 Å². The highest BCUT2D eigenvalue weighted by Crippen LogP contribution is 2.31. The summed E-state index contributed by atoms with van der Waals surface area (Å²) in [5, 5.41) is 3.30. The third-order valence-electron chi connectivity index (χ3n) is 2.84. The molecule has 0 radical (unpaired) electrons. The fraction of sp³-hybridized carbons (Fsp3) is 0.267. The van der Waals surface area contributed by atoms with Crippen LogP contribution in [-0.2, 0) is 6.54 Å². The zero-order chi connectivity index (χ0) is 14.5. The Kier molecular flexibility index (Phi) is 5.57. The number of aromatic nitrogens is 1. The summed E-state index contributed by atoms with van der Waals surface area (Å²) < 4.78 is 7.70. The van der Waals surface area contributed by atoms with E-state index in [9.17, 15) is 0 Å². The van der Waals surface area contributed by atoms with Gasteiger partial charge in [0.1, 0.15) is 5.75 Å². The summed E-state index contributed by atoms with van der Waals surface area (Å²) in [5.74, 6) is 1.35. The average molecular weight is 400 g/mol. The molecular formula is C15H16Br2N2O. The van der Waals surface area contributed by atoms with Crippen LogP contribution < -0.4 is 10.1 Å². The second-order valence-corrected chi connectivity index (χ2v) is 6.12. The van der Waals surface area contributed by atoms with Crippen LogP contribution in [0.5, 0.6) is 11.6 Å². The number of nitrogens with zero attached hydrogens (tertiary/aromatic N) is 1. The first kappa shape index (κ1) is 15.5. The van der Waals surface area contributed by atoms with Crippen molar-refractivity contribution in [2.75, 3.05) is 6.54 Å². The first-order valence-corrected chi connectivity index (χ1v) is 7.99. The lowest BCUT2D eigenvalue weighted by atomic mass is 10.2. The molecule has 2 rings (SSSR count). The summed E-state index contributed by atoms with van der Waals surface area (Å²) in [5.41, 5.74) is 2.17. The second kappa shape index (κ2) is 7.20. The van der Waals surface area contributed by atoms with Gasteiger partial charge in [0, 0.05) is 22.8 Å². The fourth-order valence-corrected chi connectivity index (χ4v) is 2.87. The summed E-state index contributed by atoms with van der Waals surface area (Å²) in [6.45, 7) is 5.86. The maximum absolute atomic E-state index is 5.81. The number of nitrogens with one attached hydrogen (secondary N) is 1. The summed E-state index contributed by atoms with van der Waals surface area (Å²) in [4.78, 5) is 4.49. The Balaban J connectivity index is 2.15. The van der Waals surface area contributed by atoms with Crippen LogP contribution in [0.25, 0.3) is 0 Å². The highest BCUT2D eigenvalue weighted by atomic mass is 79.9. The smallest absolute Gasteiger partial charge is 0.219 e. The van der Waals surface area contributed by atoms with Crippen molar-refractivity contribution in [1.82, 2.24) is 10.3 Å². The molecule has 0 spiro atoms. The average Bonchev–Trinajstić information content (AvgIpc) is 2.41. The molecule has 106 valence electrons. The van der Waals surface area contributed by atoms with Crippen LogP contribution in [0.4, 0.5) is 0 Å². The zero-order valence-corrected chi connectivity index (χ0v) is 14.6. The fourth-order valence-electron chi connectivity index (χ4n) is 1.74. The number of benzene rings is 1. The lowest BCUT2D eigenvalue weighted by molar-refractivity contribution is 0.458. The standard InChI is InChI=1S/C15H16Br2N2O/c1-3-18-9-11-4-7-15(19-10(11)2)20-14-6-5-12(16)8-13(14)17/h4-8,18H,3,9H2,1-2H3. The molecular weight excluding hydrogens is 384 g/mol. The van der Waals surface area contributed by atoms with E-state index in [1.807, 2.05) is 37.3 Å². The van der Waals surface area contributed by atoms with Gasteiger partial charge in [-0.2, -0.15) is 0 Å². The quantitative estimate of drug-likeness (QED) is 0.782. The lowest BCUT2D eigenvalue weighted by Gasteiger charge is -2.10. The van der Waals surface area contributed by atoms with E-state index in [0.29, 0.717) is 5.88 Å². The van der Waals surface area contributed by atoms with Gasteiger partial charge in [-0.3, -0.25) is 0 Å². The van der Waals surface area contributed by atoms with E-state index in [4.69, 9.17) is 4.74 Å². The number of rotatable bonds is 5. The van der Waals surface area contributed by atoms with Crippen molar-refractivity contribution in [3.8, 4) is 11.6 Å². The van der Waals surface area contributed by atoms with Crippen molar-refractivity contribution in [2.24, 2.45) is 0 Å². The number of hydrogen-bond acceptors (Lipinski definition) is 3. The van der Waals surface area contributed by atoms with Crippen molar-refractivity contribution in [3.63, 3.8) is 0 Å². The van der Waals surface area contributed by atoms with Crippen LogP contribution >= 0.6 is 31.9 Å². The van der Waals surface area contributed by atoms with E-state index >= 15 is 0 Å². The topological polar surface area (TPSA) is 34.1 Å². The molecule has 0 aliphatic carbocycles. The third-order valence-corrected chi connectivity index (χ3v) is 3.96. The number of ether oxygens (including phenoxy) is 1. The SMILES string of the molecule is CCNCc1ccc(Oc2ccc(Br)cc2Br)nc1C. The van der Waals surface area contributed by atoms with E-state index in [0.717, 1.165) is 33.5 Å². The molecule has 20 heavy (non-hydrogen) atoms. The predicted octanol–water partition coefficient (Wildman–Crippen LogP) is 4.82. The largest absolute Gasteiger partial charge is 0.438 e. The van der Waals surface area contributed by atoms with Crippen molar-refractivity contribution in [1.29, 1.82) is 0 Å². The first-order valence-electron chi connectivity index (χ1n) is 6.40. The lowest BCUT2D eigenvalue weighted by Crippen LogP contribution is -2.13. The van der Waals surface area contributed by atoms with E-state index in [2.05, 4.69) is 49.1 Å². The van der Waals surface area contributed by atoms with Gasteiger partial charge in [-0.05, 0) is 53.2 Å². The molecule has 1 N–H and O–H groups in total. The van der Waals surface area contributed by atoms with Crippen molar-refractivity contribution in [3.05, 3.63) is 50.5 Å². The summed E-state index contributed by atoms with van der Waals surface area (Å²) >= 11 is 6.90. The van der Waals surface area contributed by atoms with Gasteiger partial charge in [0.2, 0.25) is 5.88 Å². The molecule has 0 aliphatic rings. The van der Waals surface area contributed by atoms with Crippen molar-refractivity contribution >= 4 is 31.9 Å². The molecule has 0 fully saturated rings. The molecule has 1 aromatic heterocycles. The Labute approximate surface area is 136 Å². The van der Waals surface area contributed by atoms with E-state index in [1.165, 1.54) is 5.56 Å². The van der Waals surface area contributed by atoms with Gasteiger partial charge in [0.05, 0.1) is 4.47 Å². The van der Waals surface area contributed by atoms with Crippen LogP contribution in [0, 0.1) is 6.92 Å². The molecule has 0 aliphatic heterocycles. The number of pyridine rings is 1. The van der Waals surface area contributed by atoms with Crippen LogP contribution in [0.3, 0.4) is 0 Å². The molecule has 3 nitrogen and oxygen atoms in total. The Morgan fingerprint density at radius 3 is 2.65 bits per heavy atom. The van der Waals surface area contributed by atoms with Gasteiger partial charge >= 0.3 is 0 Å². The Bertz CT molecular complexity index is 602. The molecule has 1 heterocycles. The minimum Gasteiger partial charge on any atom is -0.438 e. The molecule has 1 aromatic carbocycles. The van der Waals surface area contributed by atoms with Gasteiger partial charge in [-0.25, -0.2) is 4.98 Å². The summed E-state index contributed by atoms with van der Waals surface area (Å²) in [6, 6.07) is 9.73. The van der Waals surface area contributed by atoms with Crippen molar-refractivity contribution in [2.45, 2.75) is 20.4 Å². The van der Waals surface area contributed by atoms with Gasteiger partial charge in [0.25, 0.3) is 0 Å². The molecule has 5 heteroatoms. The normalized spacial score (nSPS) is 10.6. The number of aryl methyl sites for hydroxylation is 1. The minimum atomic E-state index is 0.603. The van der Waals surface area contributed by atoms with E-state index < -0.39 is 0 Å². The van der Waals surface area contributed by atoms with Gasteiger partial charge in [-0.15, -0.1) is 0 Å². The maximum atomic E-state index is 5.81. The first-order chi connectivity index (χ1) is 9.60. The number of hydrogen-bond donors (Lipinski definition) is 1. The predicted molar refractivity (Wildman–Crippen MR) is 88.3 cm³/mol. The second-order valence-electron chi connectivity index (χ2n) is 4.35. The Morgan fingerprint density at radius 2 is 2.00 bits per heavy atom. The molecule has 0 saturated carbocycles. The summed E-state index contributed by atoms with van der Waals surface area (Å²) in [6.07, 6.45) is 0. The minimum absolute atomic E-state index is 0.603.